The third kappa shape index (κ3) is 3.67. The van der Waals surface area contributed by atoms with E-state index < -0.39 is 16.0 Å². The molecule has 0 radical (unpaired) electrons. The fourth-order valence-corrected chi connectivity index (χ4v) is 5.78. The Kier molecular flexibility index (Phi) is 5.18. The molecule has 7 heteroatoms. The maximum Gasteiger partial charge on any atom is 0.349 e. The van der Waals surface area contributed by atoms with Crippen LogP contribution in [-0.2, 0) is 14.8 Å². The Morgan fingerprint density at radius 2 is 2.09 bits per heavy atom. The van der Waals surface area contributed by atoms with Crippen molar-refractivity contribution in [1.82, 2.24) is 4.31 Å². The quantitative estimate of drug-likeness (QED) is 0.601. The zero-order chi connectivity index (χ0) is 16.3. The summed E-state index contributed by atoms with van der Waals surface area (Å²) in [6, 6.07) is 1.51. The molecule has 1 aliphatic carbocycles. The minimum Gasteiger partial charge on any atom is -0.461 e. The lowest BCUT2D eigenvalue weighted by Crippen LogP contribution is -2.29. The van der Waals surface area contributed by atoms with Crippen molar-refractivity contribution >= 4 is 27.3 Å². The van der Waals surface area contributed by atoms with Crippen LogP contribution in [0.15, 0.2) is 28.5 Å². The Balaban J connectivity index is 1.69. The summed E-state index contributed by atoms with van der Waals surface area (Å²) in [7, 11) is -3.58. The Morgan fingerprint density at radius 3 is 2.78 bits per heavy atom. The Labute approximate surface area is 141 Å². The molecule has 1 aromatic rings. The molecular weight excluding hydrogens is 334 g/mol. The standard InChI is InChI=1S/C16H21NO4S2/c18-16(21-12-13-6-2-1-3-7-13)15-14(8-11-22-15)23(19,20)17-9-4-5-10-17/h1-2,8,11,13H,3-7,9-10,12H2. The second-order valence-corrected chi connectivity index (χ2v) is 8.80. The minimum absolute atomic E-state index is 0.0953. The lowest BCUT2D eigenvalue weighted by molar-refractivity contribution is 0.0434. The van der Waals surface area contributed by atoms with Crippen molar-refractivity contribution in [3.8, 4) is 0 Å². The van der Waals surface area contributed by atoms with Crippen molar-refractivity contribution in [1.29, 1.82) is 0 Å². The van der Waals surface area contributed by atoms with Crippen LogP contribution in [0.2, 0.25) is 0 Å². The molecule has 0 saturated carbocycles. The SMILES string of the molecule is O=C(OCC1CC=CCC1)c1sccc1S(=O)(=O)N1CCCC1. The summed E-state index contributed by atoms with van der Waals surface area (Å²) in [6.07, 6.45) is 8.92. The topological polar surface area (TPSA) is 63.7 Å². The number of ether oxygens (including phenoxy) is 1. The molecule has 23 heavy (non-hydrogen) atoms. The highest BCUT2D eigenvalue weighted by molar-refractivity contribution is 7.89. The van der Waals surface area contributed by atoms with Gasteiger partial charge < -0.3 is 4.74 Å². The fraction of sp³-hybridized carbons (Fsp3) is 0.562. The molecule has 1 aliphatic heterocycles. The van der Waals surface area contributed by atoms with Gasteiger partial charge in [-0.1, -0.05) is 12.2 Å². The van der Waals surface area contributed by atoms with Gasteiger partial charge >= 0.3 is 5.97 Å². The summed E-state index contributed by atoms with van der Waals surface area (Å²) in [6.45, 7) is 1.41. The summed E-state index contributed by atoms with van der Waals surface area (Å²) < 4.78 is 32.1. The molecule has 126 valence electrons. The van der Waals surface area contributed by atoms with Crippen LogP contribution in [0, 0.1) is 5.92 Å². The number of rotatable bonds is 5. The average molecular weight is 355 g/mol. The molecule has 3 rings (SSSR count). The number of hydrogen-bond acceptors (Lipinski definition) is 5. The van der Waals surface area contributed by atoms with Gasteiger partial charge in [-0.25, -0.2) is 13.2 Å². The molecule has 2 heterocycles. The predicted molar refractivity (Wildman–Crippen MR) is 89.1 cm³/mol. The second kappa shape index (κ2) is 7.15. The summed E-state index contributed by atoms with van der Waals surface area (Å²) in [5, 5.41) is 1.64. The highest BCUT2D eigenvalue weighted by Gasteiger charge is 2.32. The first-order valence-electron chi connectivity index (χ1n) is 7.99. The van der Waals surface area contributed by atoms with Gasteiger partial charge in [-0.05, 0) is 49.5 Å². The zero-order valence-corrected chi connectivity index (χ0v) is 14.6. The van der Waals surface area contributed by atoms with Crippen molar-refractivity contribution in [3.63, 3.8) is 0 Å². The predicted octanol–water partition coefficient (Wildman–Crippen LogP) is 3.05. The average Bonchev–Trinajstić information content (AvgIpc) is 3.25. The fourth-order valence-electron chi connectivity index (χ4n) is 2.98. The summed E-state index contributed by atoms with van der Waals surface area (Å²) in [5.74, 6) is -0.185. The first-order valence-corrected chi connectivity index (χ1v) is 10.3. The maximum absolute atomic E-state index is 12.6. The van der Waals surface area contributed by atoms with Crippen molar-refractivity contribution in [2.75, 3.05) is 19.7 Å². The van der Waals surface area contributed by atoms with Crippen LogP contribution < -0.4 is 0 Å². The van der Waals surface area contributed by atoms with Crippen molar-refractivity contribution < 1.29 is 17.9 Å². The van der Waals surface area contributed by atoms with E-state index in [0.29, 0.717) is 25.6 Å². The largest absolute Gasteiger partial charge is 0.461 e. The highest BCUT2D eigenvalue weighted by Crippen LogP contribution is 2.28. The van der Waals surface area contributed by atoms with Crippen LogP contribution in [0.5, 0.6) is 0 Å². The van der Waals surface area contributed by atoms with Gasteiger partial charge in [-0.3, -0.25) is 0 Å². The summed E-state index contributed by atoms with van der Waals surface area (Å²) in [5.41, 5.74) is 0. The molecule has 0 N–H and O–H groups in total. The number of sulfonamides is 1. The number of esters is 1. The molecule has 2 aliphatic rings. The van der Waals surface area contributed by atoms with Crippen LogP contribution in [0.4, 0.5) is 0 Å². The minimum atomic E-state index is -3.58. The Morgan fingerprint density at radius 1 is 1.30 bits per heavy atom. The molecular formula is C16H21NO4S2. The van der Waals surface area contributed by atoms with E-state index in [9.17, 15) is 13.2 Å². The first-order chi connectivity index (χ1) is 11.1. The van der Waals surface area contributed by atoms with Gasteiger partial charge in [0.25, 0.3) is 0 Å². The van der Waals surface area contributed by atoms with Gasteiger partial charge in [0, 0.05) is 13.1 Å². The van der Waals surface area contributed by atoms with Crippen LogP contribution in [0.25, 0.3) is 0 Å². The lowest BCUT2D eigenvalue weighted by atomic mass is 9.95. The molecule has 1 aromatic heterocycles. The lowest BCUT2D eigenvalue weighted by Gasteiger charge is -2.18. The molecule has 0 aromatic carbocycles. The van der Waals surface area contributed by atoms with Crippen molar-refractivity contribution in [2.24, 2.45) is 5.92 Å². The third-order valence-corrected chi connectivity index (χ3v) is 7.29. The number of nitrogens with zero attached hydrogens (tertiary/aromatic N) is 1. The summed E-state index contributed by atoms with van der Waals surface area (Å²) >= 11 is 1.14. The van der Waals surface area contributed by atoms with E-state index in [0.717, 1.165) is 43.4 Å². The van der Waals surface area contributed by atoms with Crippen molar-refractivity contribution in [2.45, 2.75) is 37.0 Å². The van der Waals surface area contributed by atoms with E-state index in [1.54, 1.807) is 5.38 Å². The van der Waals surface area contributed by atoms with E-state index in [1.165, 1.54) is 10.4 Å². The second-order valence-electron chi connectivity index (χ2n) is 5.97. The van der Waals surface area contributed by atoms with Gasteiger partial charge in [0.1, 0.15) is 9.77 Å². The van der Waals surface area contributed by atoms with Gasteiger partial charge in [0.2, 0.25) is 10.0 Å². The Hall–Kier alpha value is -1.18. The molecule has 1 fully saturated rings. The van der Waals surface area contributed by atoms with Gasteiger partial charge in [-0.15, -0.1) is 11.3 Å². The van der Waals surface area contributed by atoms with Crippen LogP contribution >= 0.6 is 11.3 Å². The van der Waals surface area contributed by atoms with E-state index in [4.69, 9.17) is 4.74 Å². The number of carbonyl (C=O) groups is 1. The third-order valence-electron chi connectivity index (χ3n) is 4.33. The van der Waals surface area contributed by atoms with Crippen LogP contribution in [0.3, 0.4) is 0 Å². The van der Waals surface area contributed by atoms with Gasteiger partial charge in [0.15, 0.2) is 0 Å². The zero-order valence-electron chi connectivity index (χ0n) is 12.9. The maximum atomic E-state index is 12.6. The van der Waals surface area contributed by atoms with Gasteiger partial charge in [0.05, 0.1) is 6.61 Å². The van der Waals surface area contributed by atoms with Crippen LogP contribution in [-0.4, -0.2) is 38.4 Å². The Bertz CT molecular complexity index is 687. The van der Waals surface area contributed by atoms with E-state index in [2.05, 4.69) is 12.2 Å². The number of carbonyl (C=O) groups excluding carboxylic acids is 1. The normalized spacial score (nSPS) is 22.3. The first kappa shape index (κ1) is 16.7. The number of hydrogen-bond donors (Lipinski definition) is 0. The molecule has 0 amide bonds. The van der Waals surface area contributed by atoms with E-state index in [-0.39, 0.29) is 9.77 Å². The molecule has 0 spiro atoms. The summed E-state index contributed by atoms with van der Waals surface area (Å²) in [4.78, 5) is 12.6. The molecule has 0 bridgehead atoms. The van der Waals surface area contributed by atoms with Crippen LogP contribution in [0.1, 0.15) is 41.8 Å². The molecule has 5 nitrogen and oxygen atoms in total. The molecule has 1 saturated heterocycles. The number of allylic oxidation sites excluding steroid dienone is 2. The van der Waals surface area contributed by atoms with Crippen molar-refractivity contribution in [3.05, 3.63) is 28.5 Å². The van der Waals surface area contributed by atoms with E-state index >= 15 is 0 Å². The van der Waals surface area contributed by atoms with Gasteiger partial charge in [-0.2, -0.15) is 4.31 Å². The highest BCUT2D eigenvalue weighted by atomic mass is 32.2. The molecule has 1 atom stereocenters. The van der Waals surface area contributed by atoms with E-state index in [1.807, 2.05) is 0 Å². The number of thiophene rings is 1. The smallest absolute Gasteiger partial charge is 0.349 e. The monoisotopic (exact) mass is 355 g/mol. The molecule has 1 unspecified atom stereocenters.